The highest BCUT2D eigenvalue weighted by Crippen LogP contribution is 2.26. The van der Waals surface area contributed by atoms with Crippen molar-refractivity contribution in [2.24, 2.45) is 0 Å². The van der Waals surface area contributed by atoms with Crippen molar-refractivity contribution >= 4 is 0 Å². The van der Waals surface area contributed by atoms with E-state index in [2.05, 4.69) is 18.4 Å². The van der Waals surface area contributed by atoms with Gasteiger partial charge in [0.15, 0.2) is 5.79 Å². The minimum atomic E-state index is -0.499. The molecule has 1 heterocycles. The third-order valence-corrected chi connectivity index (χ3v) is 3.10. The molecule has 0 amide bonds. The fraction of sp³-hybridized carbons (Fsp3) is 0.923. The summed E-state index contributed by atoms with van der Waals surface area (Å²) < 4.78 is 11.4. The molecule has 1 radical (unpaired) electrons. The van der Waals surface area contributed by atoms with Gasteiger partial charge < -0.3 is 9.47 Å². The molecule has 1 rings (SSSR count). The van der Waals surface area contributed by atoms with Crippen LogP contribution < -0.4 is 0 Å². The molecular formula is C13H26NO2. The molecule has 0 bridgehead atoms. The van der Waals surface area contributed by atoms with Crippen LogP contribution in [0.2, 0.25) is 0 Å². The molecule has 1 atom stereocenters. The lowest BCUT2D eigenvalue weighted by molar-refractivity contribution is -0.213. The van der Waals surface area contributed by atoms with Crippen molar-refractivity contribution in [3.63, 3.8) is 0 Å². The van der Waals surface area contributed by atoms with Crippen LogP contribution in [0.1, 0.15) is 46.0 Å². The summed E-state index contributed by atoms with van der Waals surface area (Å²) in [5, 5.41) is 0. The smallest absolute Gasteiger partial charge is 0.185 e. The molecule has 1 fully saturated rings. The quantitative estimate of drug-likeness (QED) is 0.625. The Hall–Kier alpha value is -0.120. The first-order valence-electron chi connectivity index (χ1n) is 6.55. The molecule has 0 aromatic carbocycles. The zero-order valence-corrected chi connectivity index (χ0v) is 11.0. The van der Waals surface area contributed by atoms with E-state index in [-0.39, 0.29) is 0 Å². The van der Waals surface area contributed by atoms with Crippen molar-refractivity contribution in [2.45, 2.75) is 51.7 Å². The van der Waals surface area contributed by atoms with Crippen molar-refractivity contribution in [2.75, 3.05) is 26.8 Å². The highest BCUT2D eigenvalue weighted by Gasteiger charge is 2.33. The summed E-state index contributed by atoms with van der Waals surface area (Å²) in [5.74, 6) is -0.499. The lowest BCUT2D eigenvalue weighted by Crippen LogP contribution is -2.44. The standard InChI is InChI=1S/C13H26NO2/c1-4-9-13(15-3,16-5-2)12-14-10-7-6-8-11-14/h12H,4-11H2,1-3H3. The number of hydrogen-bond acceptors (Lipinski definition) is 3. The van der Waals surface area contributed by atoms with Crippen molar-refractivity contribution in [1.82, 2.24) is 4.90 Å². The van der Waals surface area contributed by atoms with Crippen LogP contribution in [0.4, 0.5) is 0 Å². The molecule has 1 aliphatic rings. The van der Waals surface area contributed by atoms with Crippen LogP contribution in [0.5, 0.6) is 0 Å². The van der Waals surface area contributed by atoms with Gasteiger partial charge in [-0.25, -0.2) is 0 Å². The summed E-state index contributed by atoms with van der Waals surface area (Å²) in [4.78, 5) is 2.36. The normalized spacial score (nSPS) is 21.9. The Morgan fingerprint density at radius 3 is 2.38 bits per heavy atom. The molecule has 0 saturated carbocycles. The van der Waals surface area contributed by atoms with E-state index in [4.69, 9.17) is 9.47 Å². The number of piperidine rings is 1. The summed E-state index contributed by atoms with van der Waals surface area (Å²) in [5.41, 5.74) is 0. The zero-order chi connectivity index (χ0) is 11.9. The fourth-order valence-corrected chi connectivity index (χ4v) is 2.31. The van der Waals surface area contributed by atoms with Gasteiger partial charge in [-0.2, -0.15) is 0 Å². The summed E-state index contributed by atoms with van der Waals surface area (Å²) in [6.07, 6.45) is 5.92. The summed E-state index contributed by atoms with van der Waals surface area (Å²) >= 11 is 0. The first-order chi connectivity index (χ1) is 7.76. The number of ether oxygens (including phenoxy) is 2. The van der Waals surface area contributed by atoms with Gasteiger partial charge >= 0.3 is 0 Å². The van der Waals surface area contributed by atoms with Crippen LogP contribution in [-0.4, -0.2) is 37.5 Å². The first-order valence-corrected chi connectivity index (χ1v) is 6.55. The number of nitrogens with zero attached hydrogens (tertiary/aromatic N) is 1. The van der Waals surface area contributed by atoms with E-state index >= 15 is 0 Å². The van der Waals surface area contributed by atoms with Crippen molar-refractivity contribution in [3.05, 3.63) is 6.54 Å². The number of hydrogen-bond donors (Lipinski definition) is 0. The van der Waals surface area contributed by atoms with Crippen molar-refractivity contribution < 1.29 is 9.47 Å². The maximum Gasteiger partial charge on any atom is 0.185 e. The maximum absolute atomic E-state index is 5.80. The van der Waals surface area contributed by atoms with Crippen molar-refractivity contribution in [3.8, 4) is 0 Å². The minimum absolute atomic E-state index is 0.499. The Labute approximate surface area is 100 Å². The predicted molar refractivity (Wildman–Crippen MR) is 66.0 cm³/mol. The molecule has 1 saturated heterocycles. The summed E-state index contributed by atoms with van der Waals surface area (Å²) in [6.45, 7) is 9.32. The van der Waals surface area contributed by atoms with E-state index in [0.717, 1.165) is 25.9 Å². The molecule has 3 heteroatoms. The molecule has 95 valence electrons. The first kappa shape index (κ1) is 13.9. The van der Waals surface area contributed by atoms with Gasteiger partial charge in [0.2, 0.25) is 0 Å². The van der Waals surface area contributed by atoms with Crippen LogP contribution in [0.15, 0.2) is 0 Å². The summed E-state index contributed by atoms with van der Waals surface area (Å²) in [7, 11) is 1.74. The van der Waals surface area contributed by atoms with Crippen LogP contribution in [-0.2, 0) is 9.47 Å². The topological polar surface area (TPSA) is 21.7 Å². The Morgan fingerprint density at radius 2 is 1.88 bits per heavy atom. The highest BCUT2D eigenvalue weighted by molar-refractivity contribution is 4.88. The second-order valence-electron chi connectivity index (χ2n) is 4.42. The lowest BCUT2D eigenvalue weighted by Gasteiger charge is -2.37. The van der Waals surface area contributed by atoms with Crippen LogP contribution in [0.25, 0.3) is 0 Å². The molecule has 0 aliphatic carbocycles. The lowest BCUT2D eigenvalue weighted by atomic mass is 10.1. The van der Waals surface area contributed by atoms with E-state index in [9.17, 15) is 0 Å². The maximum atomic E-state index is 5.80. The second-order valence-corrected chi connectivity index (χ2v) is 4.42. The molecule has 0 N–H and O–H groups in total. The van der Waals surface area contributed by atoms with Gasteiger partial charge in [-0.05, 0) is 32.9 Å². The SMILES string of the molecule is CCCC([CH]N1CCCCC1)(OC)OCC. The Kier molecular flexibility index (Phi) is 6.32. The molecule has 3 nitrogen and oxygen atoms in total. The molecule has 16 heavy (non-hydrogen) atoms. The van der Waals surface area contributed by atoms with Gasteiger partial charge in [0, 0.05) is 20.1 Å². The van der Waals surface area contributed by atoms with Gasteiger partial charge in [-0.3, -0.25) is 4.90 Å². The Bertz CT molecular complexity index is 173. The molecule has 0 aromatic rings. The van der Waals surface area contributed by atoms with E-state index < -0.39 is 5.79 Å². The average Bonchev–Trinajstić information content (AvgIpc) is 2.31. The largest absolute Gasteiger partial charge is 0.352 e. The van der Waals surface area contributed by atoms with Gasteiger partial charge in [0.25, 0.3) is 0 Å². The molecule has 0 spiro atoms. The molecular weight excluding hydrogens is 202 g/mol. The van der Waals surface area contributed by atoms with E-state index in [1.54, 1.807) is 7.11 Å². The highest BCUT2D eigenvalue weighted by atomic mass is 16.7. The number of rotatable bonds is 7. The van der Waals surface area contributed by atoms with Crippen molar-refractivity contribution in [1.29, 1.82) is 0 Å². The fourth-order valence-electron chi connectivity index (χ4n) is 2.31. The predicted octanol–water partition coefficient (Wildman–Crippen LogP) is 2.81. The van der Waals surface area contributed by atoms with Crippen LogP contribution >= 0.6 is 0 Å². The van der Waals surface area contributed by atoms with Crippen LogP contribution in [0, 0.1) is 6.54 Å². The Balaban J connectivity index is 2.52. The average molecular weight is 228 g/mol. The van der Waals surface area contributed by atoms with Crippen LogP contribution in [0.3, 0.4) is 0 Å². The Morgan fingerprint density at radius 1 is 1.19 bits per heavy atom. The van der Waals surface area contributed by atoms with E-state index in [0.29, 0.717) is 6.61 Å². The molecule has 1 unspecified atom stereocenters. The van der Waals surface area contributed by atoms with Gasteiger partial charge in [0.1, 0.15) is 0 Å². The third-order valence-electron chi connectivity index (χ3n) is 3.10. The van der Waals surface area contributed by atoms with E-state index in [1.807, 2.05) is 6.92 Å². The monoisotopic (exact) mass is 228 g/mol. The summed E-state index contributed by atoms with van der Waals surface area (Å²) in [6, 6.07) is 0. The molecule has 1 aliphatic heterocycles. The zero-order valence-electron chi connectivity index (χ0n) is 11.0. The van der Waals surface area contributed by atoms with Gasteiger partial charge in [0.05, 0.1) is 6.54 Å². The van der Waals surface area contributed by atoms with Gasteiger partial charge in [-0.1, -0.05) is 19.8 Å². The minimum Gasteiger partial charge on any atom is -0.352 e. The third kappa shape index (κ3) is 4.04. The molecule has 0 aromatic heterocycles. The number of likely N-dealkylation sites (tertiary alicyclic amines) is 1. The van der Waals surface area contributed by atoms with E-state index in [1.165, 1.54) is 19.3 Å². The van der Waals surface area contributed by atoms with Gasteiger partial charge in [-0.15, -0.1) is 0 Å². The number of methoxy groups -OCH3 is 1. The second kappa shape index (κ2) is 7.25.